The van der Waals surface area contributed by atoms with Crippen molar-refractivity contribution in [1.29, 1.82) is 0 Å². The Bertz CT molecular complexity index is 1260. The Labute approximate surface area is 210 Å². The molecule has 0 unspecified atom stereocenters. The average Bonchev–Trinajstić information content (AvgIpc) is 3.55. The Hall–Kier alpha value is -2.96. The minimum atomic E-state index is -4.53. The van der Waals surface area contributed by atoms with Crippen molar-refractivity contribution in [3.63, 3.8) is 0 Å². The number of hydrogen-bond acceptors (Lipinski definition) is 8. The molecule has 3 aromatic heterocycles. The molecule has 1 amide bonds. The third kappa shape index (κ3) is 4.97. The number of halogens is 3. The van der Waals surface area contributed by atoms with Gasteiger partial charge in [0.05, 0.1) is 11.9 Å². The van der Waals surface area contributed by atoms with Gasteiger partial charge in [-0.3, -0.25) is 4.79 Å². The van der Waals surface area contributed by atoms with Crippen LogP contribution in [-0.4, -0.2) is 50.3 Å². The number of fused-ring (bicyclic) bond motifs is 2. The molecule has 1 fully saturated rings. The summed E-state index contributed by atoms with van der Waals surface area (Å²) in [4.78, 5) is 27.2. The van der Waals surface area contributed by atoms with Crippen molar-refractivity contribution in [3.05, 3.63) is 22.6 Å². The van der Waals surface area contributed by atoms with Gasteiger partial charge >= 0.3 is 6.18 Å². The van der Waals surface area contributed by atoms with E-state index in [1.807, 2.05) is 4.90 Å². The number of hydrogen-bond donors (Lipinski definition) is 1. The molecule has 0 spiro atoms. The molecule has 5 heterocycles. The maximum atomic E-state index is 13.3. The van der Waals surface area contributed by atoms with Crippen molar-refractivity contribution in [3.8, 4) is 0 Å². The zero-order valence-electron chi connectivity index (χ0n) is 20.1. The summed E-state index contributed by atoms with van der Waals surface area (Å²) in [6.45, 7) is 4.46. The Morgan fingerprint density at radius 1 is 1.19 bits per heavy atom. The second-order valence-corrected chi connectivity index (χ2v) is 10.6. The topological polar surface area (TPSA) is 106 Å². The van der Waals surface area contributed by atoms with Crippen molar-refractivity contribution in [2.24, 2.45) is 11.7 Å². The van der Waals surface area contributed by atoms with Gasteiger partial charge in [0.2, 0.25) is 17.7 Å². The molecule has 1 saturated heterocycles. The molecule has 0 radical (unpaired) electrons. The fourth-order valence-corrected chi connectivity index (χ4v) is 6.18. The number of amides is 1. The SMILES string of the molecule is CCCc1cc2c(N3CCn4c(nnc4C(F)(F)F)C3)nc(N3CC[C@H](CCCC(N)=O)C3)nc2s1. The number of rotatable bonds is 8. The summed E-state index contributed by atoms with van der Waals surface area (Å²) in [7, 11) is 0. The molecule has 9 nitrogen and oxygen atoms in total. The van der Waals surface area contributed by atoms with Crippen molar-refractivity contribution >= 4 is 39.2 Å². The Balaban J connectivity index is 1.43. The Kier molecular flexibility index (Phi) is 6.75. The smallest absolute Gasteiger partial charge is 0.370 e. The quantitative estimate of drug-likeness (QED) is 0.480. The highest BCUT2D eigenvalue weighted by molar-refractivity contribution is 7.18. The summed E-state index contributed by atoms with van der Waals surface area (Å²) in [5.74, 6) is 0.868. The minimum absolute atomic E-state index is 0.135. The van der Waals surface area contributed by atoms with E-state index in [0.717, 1.165) is 65.8 Å². The zero-order chi connectivity index (χ0) is 25.4. The molecule has 36 heavy (non-hydrogen) atoms. The largest absolute Gasteiger partial charge is 0.451 e. The number of carbonyl (C=O) groups is 1. The number of aryl methyl sites for hydroxylation is 1. The predicted molar refractivity (Wildman–Crippen MR) is 131 cm³/mol. The van der Waals surface area contributed by atoms with E-state index in [-0.39, 0.29) is 24.8 Å². The normalized spacial score (nSPS) is 18.3. The monoisotopic (exact) mass is 522 g/mol. The highest BCUT2D eigenvalue weighted by Gasteiger charge is 2.40. The van der Waals surface area contributed by atoms with E-state index in [1.54, 1.807) is 11.3 Å². The van der Waals surface area contributed by atoms with Gasteiger partial charge in [-0.25, -0.2) is 4.98 Å². The third-order valence-corrected chi connectivity index (χ3v) is 7.91. The zero-order valence-corrected chi connectivity index (χ0v) is 20.9. The maximum Gasteiger partial charge on any atom is 0.451 e. The van der Waals surface area contributed by atoms with Crippen LogP contribution in [0.1, 0.15) is 55.6 Å². The number of nitrogens with two attached hydrogens (primary N) is 1. The molecular formula is C23H29F3N8OS. The first-order valence-corrected chi connectivity index (χ1v) is 13.1. The molecule has 3 aromatic rings. The van der Waals surface area contributed by atoms with E-state index in [2.05, 4.69) is 28.1 Å². The first kappa shape index (κ1) is 24.7. The van der Waals surface area contributed by atoms with Gasteiger partial charge in [0.25, 0.3) is 0 Å². The van der Waals surface area contributed by atoms with Crippen LogP contribution in [0.4, 0.5) is 24.9 Å². The lowest BCUT2D eigenvalue weighted by molar-refractivity contribution is -0.147. The summed E-state index contributed by atoms with van der Waals surface area (Å²) in [6.07, 6.45) is 0.507. The summed E-state index contributed by atoms with van der Waals surface area (Å²) >= 11 is 1.65. The van der Waals surface area contributed by atoms with Crippen molar-refractivity contribution in [2.75, 3.05) is 29.4 Å². The standard InChI is InChI=1S/C23H29F3N8OS/c1-2-4-15-11-16-19(32-9-10-34-18(13-32)30-31-21(34)23(24,25)26)28-22(29-20(16)36-15)33-8-7-14(12-33)5-3-6-17(27)35/h11,14H,2-10,12-13H2,1H3,(H2,27,35)/t14-/m0/s1. The number of thiophene rings is 1. The number of alkyl halides is 3. The van der Waals surface area contributed by atoms with Gasteiger partial charge in [-0.05, 0) is 37.7 Å². The molecule has 2 aliphatic rings. The summed E-state index contributed by atoms with van der Waals surface area (Å²) in [5.41, 5.74) is 5.27. The van der Waals surface area contributed by atoms with E-state index in [0.29, 0.717) is 24.8 Å². The molecule has 0 aliphatic carbocycles. The summed E-state index contributed by atoms with van der Waals surface area (Å²) in [6, 6.07) is 2.11. The van der Waals surface area contributed by atoms with Gasteiger partial charge < -0.3 is 20.1 Å². The Morgan fingerprint density at radius 3 is 2.78 bits per heavy atom. The second-order valence-electron chi connectivity index (χ2n) is 9.50. The van der Waals surface area contributed by atoms with E-state index >= 15 is 0 Å². The molecule has 2 N–H and O–H groups in total. The summed E-state index contributed by atoms with van der Waals surface area (Å²) in [5, 5.41) is 8.16. The van der Waals surface area contributed by atoms with Crippen LogP contribution in [0.25, 0.3) is 10.2 Å². The van der Waals surface area contributed by atoms with Crippen LogP contribution >= 0.6 is 11.3 Å². The summed E-state index contributed by atoms with van der Waals surface area (Å²) < 4.78 is 41.1. The molecule has 0 bridgehead atoms. The van der Waals surface area contributed by atoms with Crippen LogP contribution in [0.5, 0.6) is 0 Å². The number of primary amides is 1. The molecule has 5 rings (SSSR count). The number of anilines is 2. The minimum Gasteiger partial charge on any atom is -0.370 e. The number of carbonyl (C=O) groups excluding carboxylic acids is 1. The average molecular weight is 523 g/mol. The van der Waals surface area contributed by atoms with E-state index in [9.17, 15) is 18.0 Å². The van der Waals surface area contributed by atoms with Gasteiger partial charge in [0, 0.05) is 37.5 Å². The molecule has 0 saturated carbocycles. The molecule has 1 atom stereocenters. The van der Waals surface area contributed by atoms with E-state index in [1.165, 1.54) is 4.88 Å². The first-order chi connectivity index (χ1) is 17.2. The fourth-order valence-electron chi connectivity index (χ4n) is 5.06. The van der Waals surface area contributed by atoms with Gasteiger partial charge in [0.1, 0.15) is 10.6 Å². The van der Waals surface area contributed by atoms with Gasteiger partial charge in [-0.2, -0.15) is 18.2 Å². The fraction of sp³-hybridized carbons (Fsp3) is 0.609. The van der Waals surface area contributed by atoms with E-state index in [4.69, 9.17) is 15.7 Å². The molecule has 2 aliphatic heterocycles. The second kappa shape index (κ2) is 9.83. The van der Waals surface area contributed by atoms with Crippen molar-refractivity contribution in [2.45, 2.75) is 64.7 Å². The predicted octanol–water partition coefficient (Wildman–Crippen LogP) is 3.76. The molecule has 0 aromatic carbocycles. The lowest BCUT2D eigenvalue weighted by atomic mass is 10.0. The lowest BCUT2D eigenvalue weighted by Crippen LogP contribution is -2.36. The first-order valence-electron chi connectivity index (χ1n) is 12.3. The van der Waals surface area contributed by atoms with Crippen LogP contribution in [0, 0.1) is 5.92 Å². The van der Waals surface area contributed by atoms with Crippen LogP contribution < -0.4 is 15.5 Å². The van der Waals surface area contributed by atoms with Crippen LogP contribution in [0.3, 0.4) is 0 Å². The van der Waals surface area contributed by atoms with Gasteiger partial charge in [-0.15, -0.1) is 21.5 Å². The molecular weight excluding hydrogens is 493 g/mol. The maximum absolute atomic E-state index is 13.3. The van der Waals surface area contributed by atoms with Crippen molar-refractivity contribution < 1.29 is 18.0 Å². The molecule has 13 heteroatoms. The highest BCUT2D eigenvalue weighted by atomic mass is 32.1. The van der Waals surface area contributed by atoms with Gasteiger partial charge in [-0.1, -0.05) is 13.3 Å². The number of nitrogens with zero attached hydrogens (tertiary/aromatic N) is 7. The Morgan fingerprint density at radius 2 is 2.03 bits per heavy atom. The van der Waals surface area contributed by atoms with Gasteiger partial charge in [0.15, 0.2) is 5.82 Å². The lowest BCUT2D eigenvalue weighted by Gasteiger charge is -2.30. The van der Waals surface area contributed by atoms with Crippen LogP contribution in [0.15, 0.2) is 6.07 Å². The van der Waals surface area contributed by atoms with Crippen LogP contribution in [-0.2, 0) is 30.5 Å². The highest BCUT2D eigenvalue weighted by Crippen LogP contribution is 2.37. The van der Waals surface area contributed by atoms with E-state index < -0.39 is 12.0 Å². The van der Waals surface area contributed by atoms with Crippen LogP contribution in [0.2, 0.25) is 0 Å². The number of aromatic nitrogens is 5. The van der Waals surface area contributed by atoms with Crippen molar-refractivity contribution in [1.82, 2.24) is 24.7 Å². The molecule has 194 valence electrons. The third-order valence-electron chi connectivity index (χ3n) is 6.82.